The topological polar surface area (TPSA) is 85.8 Å². The predicted molar refractivity (Wildman–Crippen MR) is 115 cm³/mol. The van der Waals surface area contributed by atoms with Crippen LogP contribution in [-0.4, -0.2) is 52.2 Å². The first-order valence-electron chi connectivity index (χ1n) is 10.7. The number of benzene rings is 1. The molecule has 1 aromatic carbocycles. The van der Waals surface area contributed by atoms with Crippen molar-refractivity contribution >= 4 is 29.6 Å². The van der Waals surface area contributed by atoms with E-state index >= 15 is 0 Å². The number of nitrogens with zero attached hydrogens (tertiary/aromatic N) is 5. The minimum absolute atomic E-state index is 0.0662. The molecule has 8 heteroatoms. The summed E-state index contributed by atoms with van der Waals surface area (Å²) in [5.41, 5.74) is 5.35. The van der Waals surface area contributed by atoms with E-state index in [9.17, 15) is 4.79 Å². The van der Waals surface area contributed by atoms with Gasteiger partial charge in [0.15, 0.2) is 0 Å². The van der Waals surface area contributed by atoms with Crippen LogP contribution in [0.15, 0.2) is 23.2 Å². The highest BCUT2D eigenvalue weighted by Gasteiger charge is 2.39. The van der Waals surface area contributed by atoms with Crippen molar-refractivity contribution in [3.05, 3.63) is 40.6 Å². The van der Waals surface area contributed by atoms with E-state index < -0.39 is 0 Å². The third-order valence-corrected chi connectivity index (χ3v) is 6.73. The fourth-order valence-electron chi connectivity index (χ4n) is 5.10. The largest absolute Gasteiger partial charge is 0.340 e. The Morgan fingerprint density at radius 2 is 2.00 bits per heavy atom. The minimum Gasteiger partial charge on any atom is -0.340 e. The van der Waals surface area contributed by atoms with Crippen molar-refractivity contribution in [2.24, 2.45) is 4.99 Å². The Balaban J connectivity index is 1.39. The van der Waals surface area contributed by atoms with Gasteiger partial charge >= 0.3 is 0 Å². The van der Waals surface area contributed by atoms with E-state index in [0.29, 0.717) is 25.2 Å². The van der Waals surface area contributed by atoms with Gasteiger partial charge in [0.05, 0.1) is 25.3 Å². The van der Waals surface area contributed by atoms with Crippen LogP contribution < -0.4 is 15.5 Å². The molecule has 2 aromatic rings. The molecule has 4 aliphatic heterocycles. The highest BCUT2D eigenvalue weighted by atomic mass is 16.2. The molecule has 2 saturated heterocycles. The van der Waals surface area contributed by atoms with Crippen molar-refractivity contribution in [2.75, 3.05) is 23.3 Å². The van der Waals surface area contributed by atoms with Crippen LogP contribution in [-0.2, 0) is 24.4 Å². The van der Waals surface area contributed by atoms with Crippen LogP contribution in [0.5, 0.6) is 0 Å². The van der Waals surface area contributed by atoms with Crippen LogP contribution in [0.2, 0.25) is 0 Å². The molecule has 4 aliphatic rings. The second kappa shape index (κ2) is 6.77. The summed E-state index contributed by atoms with van der Waals surface area (Å²) >= 11 is 0. The summed E-state index contributed by atoms with van der Waals surface area (Å²) in [4.78, 5) is 30.6. The smallest absolute Gasteiger partial charge is 0.228 e. The summed E-state index contributed by atoms with van der Waals surface area (Å²) in [6.45, 7) is 5.42. The van der Waals surface area contributed by atoms with E-state index in [1.165, 1.54) is 18.4 Å². The first-order valence-corrected chi connectivity index (χ1v) is 10.7. The molecule has 2 unspecified atom stereocenters. The maximum Gasteiger partial charge on any atom is 0.228 e. The molecule has 154 valence electrons. The summed E-state index contributed by atoms with van der Waals surface area (Å²) < 4.78 is 0. The lowest BCUT2D eigenvalue weighted by atomic mass is 10.1. The second-order valence-corrected chi connectivity index (χ2v) is 8.63. The number of nitrogens with one attached hydrogen (secondary N) is 2. The van der Waals surface area contributed by atoms with Crippen LogP contribution in [0, 0.1) is 0 Å². The second-order valence-electron chi connectivity index (χ2n) is 8.63. The van der Waals surface area contributed by atoms with Crippen molar-refractivity contribution in [2.45, 2.75) is 51.5 Å². The van der Waals surface area contributed by atoms with Crippen molar-refractivity contribution in [3.8, 4) is 0 Å². The number of anilines is 3. The van der Waals surface area contributed by atoms with Crippen molar-refractivity contribution in [3.63, 3.8) is 0 Å². The molecule has 8 nitrogen and oxygen atoms in total. The first-order chi connectivity index (χ1) is 14.7. The van der Waals surface area contributed by atoms with Gasteiger partial charge in [0.25, 0.3) is 0 Å². The maximum absolute atomic E-state index is 12.0. The summed E-state index contributed by atoms with van der Waals surface area (Å²) in [6.07, 6.45) is 4.27. The van der Waals surface area contributed by atoms with E-state index in [0.717, 1.165) is 53.9 Å². The number of carbonyl (C=O) groups excluding carboxylic acids is 1. The zero-order chi connectivity index (χ0) is 20.2. The molecule has 2 atom stereocenters. The number of aromatic nitrogens is 2. The molecule has 0 saturated carbocycles. The van der Waals surface area contributed by atoms with Gasteiger partial charge in [-0.3, -0.25) is 9.79 Å². The maximum atomic E-state index is 12.0. The fourth-order valence-corrected chi connectivity index (χ4v) is 5.10. The lowest BCUT2D eigenvalue weighted by molar-refractivity contribution is -0.129. The normalized spacial score (nSPS) is 23.6. The number of rotatable bonds is 3. The standard InChI is InChI=1S/C22H25N7O/c1-13(30)28-11-19-20(12-28)26-22(29-17-4-5-18(29)10-24-9-17)27-21(19)25-16-3-2-14-7-23-8-15(14)6-16/h2-3,6,8,17-18,24H,4-5,7,9-12H2,1H3,(H,25,26,27). The number of fused-ring (bicyclic) bond motifs is 4. The number of hydrogen-bond acceptors (Lipinski definition) is 7. The fraction of sp³-hybridized carbons (Fsp3) is 0.455. The van der Waals surface area contributed by atoms with Crippen molar-refractivity contribution < 1.29 is 4.79 Å². The molecule has 2 N–H and O–H groups in total. The van der Waals surface area contributed by atoms with Crippen molar-refractivity contribution in [1.29, 1.82) is 0 Å². The summed E-state index contributed by atoms with van der Waals surface area (Å²) in [6, 6.07) is 7.19. The summed E-state index contributed by atoms with van der Waals surface area (Å²) in [5.74, 6) is 1.67. The highest BCUT2D eigenvalue weighted by Crippen LogP contribution is 2.35. The van der Waals surface area contributed by atoms with E-state index in [-0.39, 0.29) is 5.91 Å². The van der Waals surface area contributed by atoms with Gasteiger partial charge in [-0.25, -0.2) is 4.98 Å². The molecular weight excluding hydrogens is 378 g/mol. The quantitative estimate of drug-likeness (QED) is 0.815. The molecule has 5 heterocycles. The average Bonchev–Trinajstić information content (AvgIpc) is 3.43. The molecule has 6 rings (SSSR count). The van der Waals surface area contributed by atoms with Crippen molar-refractivity contribution in [1.82, 2.24) is 20.2 Å². The Morgan fingerprint density at radius 1 is 1.17 bits per heavy atom. The number of hydrogen-bond donors (Lipinski definition) is 2. The Morgan fingerprint density at radius 3 is 2.80 bits per heavy atom. The third kappa shape index (κ3) is 2.86. The molecule has 0 spiro atoms. The molecule has 0 radical (unpaired) electrons. The van der Waals surface area contributed by atoms with Gasteiger partial charge in [0, 0.05) is 49.6 Å². The van der Waals surface area contributed by atoms with Gasteiger partial charge < -0.3 is 20.4 Å². The van der Waals surface area contributed by atoms with Gasteiger partial charge in [0.2, 0.25) is 11.9 Å². The Bertz CT molecular complexity index is 1050. The molecule has 2 bridgehead atoms. The van der Waals surface area contributed by atoms with Gasteiger partial charge in [0.1, 0.15) is 5.82 Å². The highest BCUT2D eigenvalue weighted by molar-refractivity contribution is 5.86. The lowest BCUT2D eigenvalue weighted by Crippen LogP contribution is -2.52. The van der Waals surface area contributed by atoms with E-state index in [2.05, 4.69) is 38.7 Å². The number of aliphatic imine (C=N–C) groups is 1. The first kappa shape index (κ1) is 17.8. The van der Waals surface area contributed by atoms with Gasteiger partial charge in [-0.05, 0) is 36.1 Å². The molecule has 1 aromatic heterocycles. The van der Waals surface area contributed by atoms with E-state index in [4.69, 9.17) is 9.97 Å². The van der Waals surface area contributed by atoms with Crippen LogP contribution in [0.3, 0.4) is 0 Å². The Hall–Kier alpha value is -3.00. The molecule has 2 fully saturated rings. The number of carbonyl (C=O) groups is 1. The summed E-state index contributed by atoms with van der Waals surface area (Å²) in [7, 11) is 0. The van der Waals surface area contributed by atoms with Gasteiger partial charge in [-0.2, -0.15) is 4.98 Å². The zero-order valence-corrected chi connectivity index (χ0v) is 17.1. The third-order valence-electron chi connectivity index (χ3n) is 6.73. The molecular formula is C22H25N7O. The monoisotopic (exact) mass is 403 g/mol. The Labute approximate surface area is 175 Å². The van der Waals surface area contributed by atoms with Crippen LogP contribution in [0.25, 0.3) is 0 Å². The van der Waals surface area contributed by atoms with Gasteiger partial charge in [-0.15, -0.1) is 0 Å². The van der Waals surface area contributed by atoms with Crippen LogP contribution in [0.1, 0.15) is 42.1 Å². The average molecular weight is 403 g/mol. The molecule has 0 aliphatic carbocycles. The van der Waals surface area contributed by atoms with Gasteiger partial charge in [-0.1, -0.05) is 6.07 Å². The molecule has 1 amide bonds. The SMILES string of the molecule is CC(=O)N1Cc2nc(N3C4CCC3CNC4)nc(Nc3ccc4c(c3)C=NC4)c2C1. The minimum atomic E-state index is 0.0662. The number of amides is 1. The van der Waals surface area contributed by atoms with Crippen LogP contribution >= 0.6 is 0 Å². The lowest BCUT2D eigenvalue weighted by Gasteiger charge is -2.35. The predicted octanol–water partition coefficient (Wildman–Crippen LogP) is 1.96. The molecule has 30 heavy (non-hydrogen) atoms. The van der Waals surface area contributed by atoms with E-state index in [1.807, 2.05) is 11.1 Å². The summed E-state index contributed by atoms with van der Waals surface area (Å²) in [5, 5.41) is 7.05. The van der Waals surface area contributed by atoms with E-state index in [1.54, 1.807) is 6.92 Å². The number of piperazine rings is 1. The Kier molecular flexibility index (Phi) is 4.02. The van der Waals surface area contributed by atoms with Crippen LogP contribution in [0.4, 0.5) is 17.5 Å². The zero-order valence-electron chi connectivity index (χ0n) is 17.1.